The molecule has 0 spiro atoms. The van der Waals surface area contributed by atoms with Crippen LogP contribution in [-0.2, 0) is 12.6 Å². The minimum atomic E-state index is 0. The summed E-state index contributed by atoms with van der Waals surface area (Å²) in [5, 5.41) is 0. The zero-order chi connectivity index (χ0) is 9.97. The maximum atomic E-state index is 4.96. The second kappa shape index (κ2) is 5.57. The number of nitrogens with zero attached hydrogens (tertiary/aromatic N) is 3. The van der Waals surface area contributed by atoms with E-state index in [9.17, 15) is 0 Å². The molecule has 0 unspecified atom stereocenters. The summed E-state index contributed by atoms with van der Waals surface area (Å²) >= 11 is 9.92. The zero-order valence-electron chi connectivity index (χ0n) is 7.97. The minimum Gasteiger partial charge on any atom is -0.410 e. The predicted octanol–water partition coefficient (Wildman–Crippen LogP) is -1.89. The van der Waals surface area contributed by atoms with E-state index in [1.807, 2.05) is 0 Å². The molecular weight excluding hydrogens is 241 g/mol. The fourth-order valence-electron chi connectivity index (χ4n) is 1.07. The number of hydrogen-bond donors (Lipinski definition) is 2. The van der Waals surface area contributed by atoms with Crippen LogP contribution < -0.4 is 34.5 Å². The molecule has 0 fully saturated rings. The molecule has 0 aliphatic heterocycles. The Labute approximate surface area is 119 Å². The average molecular weight is 247 g/mol. The Bertz CT molecular complexity index is 378. The number of imidazole rings is 2. The number of hydrogen-bond acceptors (Lipinski definition) is 4. The van der Waals surface area contributed by atoms with Gasteiger partial charge in [-0.25, -0.2) is 9.97 Å². The molecule has 0 aliphatic rings. The first kappa shape index (κ1) is 12.6. The first-order valence-corrected chi connectivity index (χ1v) is 4.58. The second-order valence-corrected chi connectivity index (χ2v) is 3.51. The summed E-state index contributed by atoms with van der Waals surface area (Å²) in [6.07, 6.45) is 6.40. The fourth-order valence-corrected chi connectivity index (χ4v) is 1.46. The summed E-state index contributed by atoms with van der Waals surface area (Å²) in [4.78, 5) is 15.3. The van der Waals surface area contributed by atoms with Gasteiger partial charge >= 0.3 is 29.6 Å². The van der Waals surface area contributed by atoms with Crippen molar-refractivity contribution in [2.75, 3.05) is 4.90 Å². The Morgan fingerprint density at radius 1 is 1.20 bits per heavy atom. The number of aromatic amines is 2. The molecule has 72 valence electrons. The fraction of sp³-hybridized carbons (Fsp3) is 0. The molecule has 0 saturated carbocycles. The Balaban J connectivity index is 0.00000112. The quantitative estimate of drug-likeness (QED) is 0.369. The van der Waals surface area contributed by atoms with Crippen LogP contribution in [0.3, 0.4) is 0 Å². The van der Waals surface area contributed by atoms with Gasteiger partial charge in [0.05, 0.1) is 25.0 Å². The van der Waals surface area contributed by atoms with Crippen LogP contribution in [0.1, 0.15) is 0 Å². The Morgan fingerprint density at radius 2 is 1.67 bits per heavy atom. The van der Waals surface area contributed by atoms with Crippen LogP contribution in [0.4, 0.5) is 11.6 Å². The molecule has 2 aromatic heterocycles. The number of rotatable bonds is 2. The third kappa shape index (κ3) is 2.76. The molecule has 2 aromatic rings. The first-order chi connectivity index (χ1) is 6.79. The van der Waals surface area contributed by atoms with Crippen molar-refractivity contribution in [3.63, 3.8) is 0 Å². The summed E-state index contributed by atoms with van der Waals surface area (Å²) < 4.78 is 0.304. The zero-order valence-corrected chi connectivity index (χ0v) is 11.6. The van der Waals surface area contributed by atoms with E-state index in [4.69, 9.17) is 24.8 Å². The number of anilines is 2. The van der Waals surface area contributed by atoms with E-state index in [2.05, 4.69) is 19.9 Å². The van der Waals surface area contributed by atoms with Gasteiger partial charge in [0, 0.05) is 0 Å². The molecule has 0 amide bonds. The Kier molecular flexibility index (Phi) is 4.68. The van der Waals surface area contributed by atoms with Crippen molar-refractivity contribution in [2.45, 2.75) is 0 Å². The van der Waals surface area contributed by atoms with Crippen LogP contribution in [0.2, 0.25) is 0 Å². The molecule has 0 saturated heterocycles. The molecule has 2 heterocycles. The van der Waals surface area contributed by atoms with Gasteiger partial charge in [-0.15, -0.1) is 0 Å². The van der Waals surface area contributed by atoms with Crippen LogP contribution in [0.5, 0.6) is 0 Å². The number of aromatic nitrogens is 4. The maximum absolute atomic E-state index is 4.96. The third-order valence-electron chi connectivity index (χ3n) is 1.63. The molecule has 0 radical (unpaired) electrons. The van der Waals surface area contributed by atoms with Gasteiger partial charge in [-0.05, 0) is 0 Å². The van der Waals surface area contributed by atoms with Crippen LogP contribution >= 0.6 is 12.2 Å². The summed E-state index contributed by atoms with van der Waals surface area (Å²) in [5.74, 6) is 1.43. The van der Waals surface area contributed by atoms with Crippen molar-refractivity contribution in [3.05, 3.63) is 25.0 Å². The van der Waals surface area contributed by atoms with Gasteiger partial charge in [0.15, 0.2) is 0 Å². The van der Waals surface area contributed by atoms with Crippen molar-refractivity contribution >= 4 is 40.8 Å². The first-order valence-electron chi connectivity index (χ1n) is 3.77. The molecular formula is C7H6N5NaS2. The second-order valence-electron chi connectivity index (χ2n) is 2.48. The third-order valence-corrected chi connectivity index (χ3v) is 2.00. The van der Waals surface area contributed by atoms with Crippen LogP contribution in [0.15, 0.2) is 25.0 Å². The van der Waals surface area contributed by atoms with Gasteiger partial charge in [-0.2, -0.15) is 0 Å². The predicted molar refractivity (Wildman–Crippen MR) is 59.3 cm³/mol. The topological polar surface area (TPSA) is 60.6 Å². The van der Waals surface area contributed by atoms with E-state index in [0.717, 1.165) is 0 Å². The normalized spacial score (nSPS) is 9.33. The summed E-state index contributed by atoms with van der Waals surface area (Å²) in [5.41, 5.74) is 0. The molecule has 0 atom stereocenters. The molecule has 0 aromatic carbocycles. The SMILES string of the molecule is S=C([S-])N(c1cnc[nH]1)c1cnc[nH]1.[Na+]. The minimum absolute atomic E-state index is 0. The molecule has 5 nitrogen and oxygen atoms in total. The van der Waals surface area contributed by atoms with Crippen molar-refractivity contribution in [1.29, 1.82) is 0 Å². The monoisotopic (exact) mass is 247 g/mol. The smallest absolute Gasteiger partial charge is 0.410 e. The van der Waals surface area contributed by atoms with E-state index in [-0.39, 0.29) is 29.6 Å². The largest absolute Gasteiger partial charge is 1.00 e. The Morgan fingerprint density at radius 3 is 1.93 bits per heavy atom. The summed E-state index contributed by atoms with van der Waals surface area (Å²) in [6.45, 7) is 0. The number of nitrogens with one attached hydrogen (secondary N) is 2. The van der Waals surface area contributed by atoms with Gasteiger partial charge in [0.2, 0.25) is 0 Å². The van der Waals surface area contributed by atoms with E-state index >= 15 is 0 Å². The number of thiocarbonyl (C=S) groups is 1. The van der Waals surface area contributed by atoms with Gasteiger partial charge < -0.3 is 34.8 Å². The van der Waals surface area contributed by atoms with Crippen LogP contribution in [0.25, 0.3) is 0 Å². The molecule has 8 heteroatoms. The molecule has 0 bridgehead atoms. The van der Waals surface area contributed by atoms with Crippen molar-refractivity contribution in [3.8, 4) is 0 Å². The van der Waals surface area contributed by atoms with Crippen LogP contribution in [-0.4, -0.2) is 24.3 Å². The van der Waals surface area contributed by atoms with Gasteiger partial charge in [-0.1, -0.05) is 4.32 Å². The van der Waals surface area contributed by atoms with Crippen molar-refractivity contribution in [1.82, 2.24) is 19.9 Å². The van der Waals surface area contributed by atoms with E-state index in [0.29, 0.717) is 16.0 Å². The van der Waals surface area contributed by atoms with E-state index in [1.165, 1.54) is 0 Å². The van der Waals surface area contributed by atoms with Gasteiger partial charge in [-0.3, -0.25) is 4.90 Å². The van der Waals surface area contributed by atoms with Gasteiger partial charge in [0.25, 0.3) is 0 Å². The van der Waals surface area contributed by atoms with E-state index < -0.39 is 0 Å². The molecule has 2 rings (SSSR count). The molecule has 2 N–H and O–H groups in total. The number of H-pyrrole nitrogens is 2. The summed E-state index contributed by atoms with van der Waals surface area (Å²) in [6, 6.07) is 0. The average Bonchev–Trinajstić information content (AvgIpc) is 2.75. The standard InChI is InChI=1S/C7H7N5S2.Na/c13-7(14)12(5-1-8-3-10-5)6-2-9-4-11-6;/h1-4H,(H,8,10)(H,9,11)(H,13,14);/q;+1/p-1. The summed E-state index contributed by atoms with van der Waals surface area (Å²) in [7, 11) is 0. The Hall–Kier alpha value is -0.470. The molecule has 0 aliphatic carbocycles. The van der Waals surface area contributed by atoms with Gasteiger partial charge in [0.1, 0.15) is 11.6 Å². The van der Waals surface area contributed by atoms with Crippen LogP contribution in [0, 0.1) is 0 Å². The maximum Gasteiger partial charge on any atom is 1.00 e. The van der Waals surface area contributed by atoms with Crippen molar-refractivity contribution < 1.29 is 29.6 Å². The molecule has 15 heavy (non-hydrogen) atoms. The van der Waals surface area contributed by atoms with E-state index in [1.54, 1.807) is 29.9 Å². The van der Waals surface area contributed by atoms with Crippen molar-refractivity contribution in [2.24, 2.45) is 0 Å².